The van der Waals surface area contributed by atoms with Crippen molar-refractivity contribution >= 4 is 11.4 Å². The summed E-state index contributed by atoms with van der Waals surface area (Å²) in [6.07, 6.45) is 11.2. The summed E-state index contributed by atoms with van der Waals surface area (Å²) < 4.78 is 2.92. The number of fused-ring (bicyclic) bond motifs is 1. The minimum Gasteiger partial charge on any atom is -0.354 e. The number of carbonyl (C=O) groups excluding carboxylic acids is 1. The number of amides is 1. The maximum absolute atomic E-state index is 12.5. The molecule has 1 amide bonds. The van der Waals surface area contributed by atoms with Gasteiger partial charge in [-0.25, -0.2) is 4.68 Å². The summed E-state index contributed by atoms with van der Waals surface area (Å²) in [6, 6.07) is 3.71. The molecule has 2 aromatic heterocycles. The number of piperazine rings is 1. The molecule has 1 atom stereocenters. The molecule has 0 radical (unpaired) electrons. The van der Waals surface area contributed by atoms with E-state index in [1.54, 1.807) is 36.0 Å². The van der Waals surface area contributed by atoms with Crippen molar-refractivity contribution < 1.29 is 4.79 Å². The van der Waals surface area contributed by atoms with E-state index in [4.69, 9.17) is 0 Å². The average molecular weight is 415 g/mol. The molecule has 8 heteroatoms. The fraction of sp³-hybridized carbons (Fsp3) is 0.682. The highest BCUT2D eigenvalue weighted by Gasteiger charge is 2.25. The van der Waals surface area contributed by atoms with Gasteiger partial charge in [-0.2, -0.15) is 5.10 Å². The van der Waals surface area contributed by atoms with Crippen LogP contribution in [0.3, 0.4) is 0 Å². The number of hydrogen-bond donors (Lipinski definition) is 1. The van der Waals surface area contributed by atoms with Crippen LogP contribution in [0.1, 0.15) is 51.5 Å². The lowest BCUT2D eigenvalue weighted by molar-refractivity contribution is -0.124. The van der Waals surface area contributed by atoms with Gasteiger partial charge in [-0.1, -0.05) is 19.3 Å². The Bertz CT molecular complexity index is 892. The summed E-state index contributed by atoms with van der Waals surface area (Å²) in [6.45, 7) is 7.92. The molecule has 2 aromatic rings. The van der Waals surface area contributed by atoms with Gasteiger partial charge in [0, 0.05) is 45.0 Å². The Morgan fingerprint density at radius 3 is 2.73 bits per heavy atom. The maximum atomic E-state index is 12.5. The van der Waals surface area contributed by atoms with Crippen molar-refractivity contribution in [2.45, 2.75) is 57.5 Å². The molecule has 164 valence electrons. The molecule has 1 N–H and O–H groups in total. The highest BCUT2D eigenvalue weighted by atomic mass is 16.2. The standard InChI is InChI=1S/C22H34N6O2/c1-18(28-22(30)20-9-5-12-27(20)17-24-28)21(29)23-10-6-11-25-13-15-26(16-14-25)19-7-3-2-4-8-19/h5,9,12,17-19H,2-4,6-8,10-11,13-16H2,1H3,(H,23,29). The van der Waals surface area contributed by atoms with Crippen molar-refractivity contribution in [3.05, 3.63) is 35.0 Å². The molecular weight excluding hydrogens is 380 g/mol. The van der Waals surface area contributed by atoms with Crippen LogP contribution in [0.25, 0.3) is 5.52 Å². The van der Waals surface area contributed by atoms with Crippen LogP contribution in [0.4, 0.5) is 0 Å². The Morgan fingerprint density at radius 2 is 1.97 bits per heavy atom. The van der Waals surface area contributed by atoms with Crippen molar-refractivity contribution in [2.24, 2.45) is 0 Å². The van der Waals surface area contributed by atoms with Gasteiger partial charge in [0.2, 0.25) is 5.91 Å². The first-order chi connectivity index (χ1) is 14.6. The number of nitrogens with zero attached hydrogens (tertiary/aromatic N) is 5. The van der Waals surface area contributed by atoms with E-state index in [1.807, 2.05) is 0 Å². The van der Waals surface area contributed by atoms with Gasteiger partial charge >= 0.3 is 0 Å². The van der Waals surface area contributed by atoms with Crippen LogP contribution in [0.5, 0.6) is 0 Å². The van der Waals surface area contributed by atoms with Crippen LogP contribution in [0, 0.1) is 0 Å². The normalized spacial score (nSPS) is 20.4. The first-order valence-corrected chi connectivity index (χ1v) is 11.4. The zero-order valence-corrected chi connectivity index (χ0v) is 18.0. The lowest BCUT2D eigenvalue weighted by atomic mass is 9.94. The van der Waals surface area contributed by atoms with Gasteiger partial charge in [-0.3, -0.25) is 14.5 Å². The smallest absolute Gasteiger partial charge is 0.291 e. The minimum absolute atomic E-state index is 0.164. The molecule has 3 heterocycles. The molecule has 1 aliphatic carbocycles. The Morgan fingerprint density at radius 1 is 1.20 bits per heavy atom. The first kappa shape index (κ1) is 21.1. The molecular formula is C22H34N6O2. The third-order valence-corrected chi connectivity index (χ3v) is 6.70. The van der Waals surface area contributed by atoms with E-state index in [0.717, 1.165) is 32.1 Å². The van der Waals surface area contributed by atoms with Crippen LogP contribution >= 0.6 is 0 Å². The fourth-order valence-electron chi connectivity index (χ4n) is 4.80. The van der Waals surface area contributed by atoms with Crippen LogP contribution in [-0.4, -0.2) is 75.2 Å². The average Bonchev–Trinajstić information content (AvgIpc) is 3.27. The van der Waals surface area contributed by atoms with Crippen LogP contribution in [0.15, 0.2) is 29.5 Å². The highest BCUT2D eigenvalue weighted by Crippen LogP contribution is 2.23. The van der Waals surface area contributed by atoms with Gasteiger partial charge in [-0.15, -0.1) is 0 Å². The maximum Gasteiger partial charge on any atom is 0.291 e. The van der Waals surface area contributed by atoms with Crippen LogP contribution in [-0.2, 0) is 4.79 Å². The zero-order chi connectivity index (χ0) is 20.9. The molecule has 2 aliphatic rings. The predicted octanol–water partition coefficient (Wildman–Crippen LogP) is 1.51. The van der Waals surface area contributed by atoms with Crippen molar-refractivity contribution in [1.82, 2.24) is 29.3 Å². The van der Waals surface area contributed by atoms with E-state index in [9.17, 15) is 9.59 Å². The Labute approximate surface area is 177 Å². The Hall–Kier alpha value is -2.19. The lowest BCUT2D eigenvalue weighted by Crippen LogP contribution is -2.51. The monoisotopic (exact) mass is 414 g/mol. The second-order valence-electron chi connectivity index (χ2n) is 8.67. The van der Waals surface area contributed by atoms with E-state index in [1.165, 1.54) is 49.9 Å². The molecule has 0 bridgehead atoms. The van der Waals surface area contributed by atoms with Crippen molar-refractivity contribution in [3.63, 3.8) is 0 Å². The van der Waals surface area contributed by atoms with Crippen LogP contribution < -0.4 is 10.9 Å². The molecule has 0 aromatic carbocycles. The van der Waals surface area contributed by atoms with Crippen molar-refractivity contribution in [1.29, 1.82) is 0 Å². The number of rotatable bonds is 7. The largest absolute Gasteiger partial charge is 0.354 e. The van der Waals surface area contributed by atoms with Crippen molar-refractivity contribution in [3.8, 4) is 0 Å². The van der Waals surface area contributed by atoms with Crippen LogP contribution in [0.2, 0.25) is 0 Å². The van der Waals surface area contributed by atoms with Gasteiger partial charge in [0.25, 0.3) is 5.56 Å². The second-order valence-corrected chi connectivity index (χ2v) is 8.67. The van der Waals surface area contributed by atoms with E-state index >= 15 is 0 Å². The number of aromatic nitrogens is 3. The van der Waals surface area contributed by atoms with Gasteiger partial charge < -0.3 is 14.6 Å². The van der Waals surface area contributed by atoms with Gasteiger partial charge in [0.15, 0.2) is 0 Å². The molecule has 1 saturated carbocycles. The first-order valence-electron chi connectivity index (χ1n) is 11.4. The zero-order valence-electron chi connectivity index (χ0n) is 18.0. The summed E-state index contributed by atoms with van der Waals surface area (Å²) in [7, 11) is 0. The third kappa shape index (κ3) is 4.75. The number of carbonyl (C=O) groups is 1. The third-order valence-electron chi connectivity index (χ3n) is 6.70. The van der Waals surface area contributed by atoms with Gasteiger partial charge in [-0.05, 0) is 44.9 Å². The summed E-state index contributed by atoms with van der Waals surface area (Å²) >= 11 is 0. The summed E-state index contributed by atoms with van der Waals surface area (Å²) in [5, 5.41) is 7.11. The fourth-order valence-corrected chi connectivity index (χ4v) is 4.80. The predicted molar refractivity (Wildman–Crippen MR) is 117 cm³/mol. The molecule has 8 nitrogen and oxygen atoms in total. The molecule has 2 fully saturated rings. The SMILES string of the molecule is CC(C(=O)NCCCN1CCN(C2CCCCC2)CC1)n1ncn2cccc2c1=O. The molecule has 0 spiro atoms. The number of hydrogen-bond acceptors (Lipinski definition) is 5. The van der Waals surface area contributed by atoms with Gasteiger partial charge in [0.05, 0.1) is 0 Å². The molecule has 30 heavy (non-hydrogen) atoms. The number of nitrogens with one attached hydrogen (secondary N) is 1. The lowest BCUT2D eigenvalue weighted by Gasteiger charge is -2.40. The summed E-state index contributed by atoms with van der Waals surface area (Å²) in [5.41, 5.74) is 0.276. The van der Waals surface area contributed by atoms with E-state index < -0.39 is 6.04 Å². The molecule has 1 unspecified atom stereocenters. The quantitative estimate of drug-likeness (QED) is 0.696. The topological polar surface area (TPSA) is 74.9 Å². The molecule has 4 rings (SSSR count). The van der Waals surface area contributed by atoms with E-state index in [2.05, 4.69) is 20.2 Å². The summed E-state index contributed by atoms with van der Waals surface area (Å²) in [5.74, 6) is -0.164. The van der Waals surface area contributed by atoms with Gasteiger partial charge in [0.1, 0.15) is 17.9 Å². The Kier molecular flexibility index (Phi) is 6.84. The molecule has 1 aliphatic heterocycles. The molecule has 1 saturated heterocycles. The minimum atomic E-state index is -0.628. The Balaban J connectivity index is 1.18. The summed E-state index contributed by atoms with van der Waals surface area (Å²) in [4.78, 5) is 30.2. The second kappa shape index (κ2) is 9.75. The highest BCUT2D eigenvalue weighted by molar-refractivity contribution is 5.79. The van der Waals surface area contributed by atoms with E-state index in [0.29, 0.717) is 12.1 Å². The van der Waals surface area contributed by atoms with E-state index in [-0.39, 0.29) is 11.5 Å². The van der Waals surface area contributed by atoms with Crippen molar-refractivity contribution in [2.75, 3.05) is 39.3 Å².